The number of esters is 1. The smallest absolute Gasteiger partial charge is 0.310 e. The van der Waals surface area contributed by atoms with Gasteiger partial charge in [-0.05, 0) is 31.6 Å². The Morgan fingerprint density at radius 2 is 1.86 bits per heavy atom. The molecular weight excluding hydrogens is 486 g/mol. The van der Waals surface area contributed by atoms with Gasteiger partial charge >= 0.3 is 5.97 Å². The minimum Gasteiger partial charge on any atom is -0.433 e. The van der Waals surface area contributed by atoms with E-state index in [9.17, 15) is 19.2 Å². The van der Waals surface area contributed by atoms with Gasteiger partial charge < -0.3 is 25.0 Å². The van der Waals surface area contributed by atoms with Crippen LogP contribution in [0.15, 0.2) is 24.3 Å². The number of hydrogen-bond donors (Lipinski definition) is 2. The summed E-state index contributed by atoms with van der Waals surface area (Å²) in [6, 6.07) is -2.48. The van der Waals surface area contributed by atoms with Gasteiger partial charge in [-0.25, -0.2) is 0 Å². The zero-order chi connectivity index (χ0) is 26.8. The van der Waals surface area contributed by atoms with Gasteiger partial charge in [0.05, 0.1) is 17.7 Å². The number of carbonyl (C=O) groups is 4. The summed E-state index contributed by atoms with van der Waals surface area (Å²) in [5, 5.41) is 5.28. The molecule has 8 atom stereocenters. The number of alkyl halides is 1. The summed E-state index contributed by atoms with van der Waals surface area (Å²) in [5.74, 6) is -2.20. The second kappa shape index (κ2) is 11.3. The van der Waals surface area contributed by atoms with Crippen LogP contribution in [0.4, 0.5) is 0 Å². The summed E-state index contributed by atoms with van der Waals surface area (Å²) >= 11 is 6.32. The molecule has 3 aliphatic rings. The molecule has 2 aliphatic heterocycles. The van der Waals surface area contributed by atoms with E-state index in [-0.39, 0.29) is 36.1 Å². The Bertz CT molecular complexity index is 929. The Morgan fingerprint density at radius 3 is 2.47 bits per heavy atom. The normalized spacial score (nSPS) is 32.8. The second-order valence-electron chi connectivity index (χ2n) is 10.9. The monoisotopic (exact) mass is 523 g/mol. The van der Waals surface area contributed by atoms with Crippen LogP contribution in [0.3, 0.4) is 0 Å². The van der Waals surface area contributed by atoms with E-state index < -0.39 is 47.1 Å². The van der Waals surface area contributed by atoms with Gasteiger partial charge in [0.2, 0.25) is 24.0 Å². The Labute approximate surface area is 218 Å². The van der Waals surface area contributed by atoms with Crippen molar-refractivity contribution in [3.8, 4) is 0 Å². The van der Waals surface area contributed by atoms with E-state index >= 15 is 0 Å². The third-order valence-electron chi connectivity index (χ3n) is 6.94. The fourth-order valence-corrected chi connectivity index (χ4v) is 5.44. The van der Waals surface area contributed by atoms with Gasteiger partial charge in [-0.15, -0.1) is 11.6 Å². The van der Waals surface area contributed by atoms with Gasteiger partial charge in [0.25, 0.3) is 0 Å². The molecule has 3 amide bonds. The number of likely N-dealkylation sites (tertiary alicyclic amines) is 1. The van der Waals surface area contributed by atoms with E-state index in [0.717, 1.165) is 0 Å². The number of cyclic esters (lactones) is 1. The quantitative estimate of drug-likeness (QED) is 0.391. The van der Waals surface area contributed by atoms with Crippen molar-refractivity contribution in [2.24, 2.45) is 17.3 Å². The minimum atomic E-state index is -0.871. The van der Waals surface area contributed by atoms with Gasteiger partial charge in [0.15, 0.2) is 0 Å². The fourth-order valence-electron chi connectivity index (χ4n) is 5.15. The molecule has 0 radical (unpaired) electrons. The number of nitrogens with one attached hydrogen (secondary N) is 2. The molecule has 1 aliphatic carbocycles. The molecule has 4 unspecified atom stereocenters. The van der Waals surface area contributed by atoms with Crippen LogP contribution in [0.1, 0.15) is 54.4 Å². The van der Waals surface area contributed by atoms with Gasteiger partial charge in [0.1, 0.15) is 18.1 Å². The molecule has 200 valence electrons. The predicted molar refractivity (Wildman–Crippen MR) is 135 cm³/mol. The number of halogens is 1. The number of rotatable bonds is 7. The van der Waals surface area contributed by atoms with E-state index in [1.54, 1.807) is 36.1 Å². The lowest BCUT2D eigenvalue weighted by atomic mass is 9.84. The van der Waals surface area contributed by atoms with Crippen LogP contribution >= 0.6 is 11.6 Å². The average Bonchev–Trinajstić information content (AvgIpc) is 3.28. The molecule has 3 rings (SSSR count). The molecule has 10 heteroatoms. The number of ether oxygens (including phenoxy) is 2. The van der Waals surface area contributed by atoms with Crippen LogP contribution in [0, 0.1) is 17.3 Å². The summed E-state index contributed by atoms with van der Waals surface area (Å²) in [4.78, 5) is 54.0. The number of allylic oxidation sites excluding steroid dienone is 3. The van der Waals surface area contributed by atoms with Crippen LogP contribution in [-0.4, -0.2) is 71.0 Å². The first-order chi connectivity index (χ1) is 16.8. The molecule has 2 fully saturated rings. The maximum atomic E-state index is 14.0. The Hall–Kier alpha value is -2.39. The van der Waals surface area contributed by atoms with Crippen LogP contribution < -0.4 is 10.6 Å². The molecule has 9 nitrogen and oxygen atoms in total. The highest BCUT2D eigenvalue weighted by atomic mass is 35.5. The first-order valence-electron chi connectivity index (χ1n) is 12.6. The van der Waals surface area contributed by atoms with E-state index in [2.05, 4.69) is 10.6 Å². The SMILES string of the molecule is CCO[C@H]1OC(=O)C[C@@H]1NC(=O)[C@@H]1[C@@H](C)CC(C)N1C(=O)C(NC(=O)C1C=CC=CC1Cl)C(C)(C)C. The topological polar surface area (TPSA) is 114 Å². The van der Waals surface area contributed by atoms with Crippen molar-refractivity contribution in [1.29, 1.82) is 0 Å². The number of amides is 3. The first kappa shape index (κ1) is 28.2. The lowest BCUT2D eigenvalue weighted by molar-refractivity contribution is -0.164. The van der Waals surface area contributed by atoms with Crippen molar-refractivity contribution in [2.75, 3.05) is 6.61 Å². The second-order valence-corrected chi connectivity index (χ2v) is 11.4. The van der Waals surface area contributed by atoms with Crippen molar-refractivity contribution < 1.29 is 28.7 Å². The summed E-state index contributed by atoms with van der Waals surface area (Å²) in [7, 11) is 0. The average molecular weight is 524 g/mol. The van der Waals surface area contributed by atoms with Crippen LogP contribution in [0.25, 0.3) is 0 Å². The maximum absolute atomic E-state index is 14.0. The summed E-state index contributed by atoms with van der Waals surface area (Å²) in [5.41, 5.74) is -0.624. The Balaban J connectivity index is 1.81. The molecule has 36 heavy (non-hydrogen) atoms. The van der Waals surface area contributed by atoms with E-state index in [4.69, 9.17) is 21.1 Å². The van der Waals surface area contributed by atoms with Gasteiger partial charge in [-0.2, -0.15) is 0 Å². The highest BCUT2D eigenvalue weighted by molar-refractivity contribution is 6.23. The molecule has 2 saturated heterocycles. The lowest BCUT2D eigenvalue weighted by Crippen LogP contribution is -2.61. The van der Waals surface area contributed by atoms with Crippen LogP contribution in [-0.2, 0) is 28.7 Å². The summed E-state index contributed by atoms with van der Waals surface area (Å²) in [6.07, 6.45) is 6.77. The fraction of sp³-hybridized carbons (Fsp3) is 0.692. The van der Waals surface area contributed by atoms with E-state index in [0.29, 0.717) is 13.0 Å². The predicted octanol–water partition coefficient (Wildman–Crippen LogP) is 2.29. The lowest BCUT2D eigenvalue weighted by Gasteiger charge is -2.38. The maximum Gasteiger partial charge on any atom is 0.310 e. The van der Waals surface area contributed by atoms with Crippen molar-refractivity contribution >= 4 is 35.3 Å². The first-order valence-corrected chi connectivity index (χ1v) is 13.0. The molecule has 0 aromatic carbocycles. The minimum absolute atomic E-state index is 0.00459. The van der Waals surface area contributed by atoms with Crippen molar-refractivity contribution in [1.82, 2.24) is 15.5 Å². The highest BCUT2D eigenvalue weighted by Crippen LogP contribution is 2.34. The van der Waals surface area contributed by atoms with E-state index in [1.807, 2.05) is 34.6 Å². The Morgan fingerprint density at radius 1 is 1.19 bits per heavy atom. The standard InChI is InChI=1S/C26H38ClN3O6/c1-7-35-25-18(13-19(31)36-25)28-23(33)20-14(2)12-15(3)30(20)24(34)21(26(4,5)6)29-22(32)16-10-8-9-11-17(16)27/h8-11,14-18,20-21,25H,7,12-13H2,1-6H3,(H,28,33)(H,29,32)/t14-,15?,16?,17?,18-,20-,21?,25-/m0/s1. The van der Waals surface area contributed by atoms with Crippen molar-refractivity contribution in [2.45, 2.75) is 90.2 Å². The highest BCUT2D eigenvalue weighted by Gasteiger charge is 2.49. The summed E-state index contributed by atoms with van der Waals surface area (Å²) < 4.78 is 10.6. The molecular formula is C26H38ClN3O6. The molecule has 0 aromatic heterocycles. The number of hydrogen-bond acceptors (Lipinski definition) is 6. The van der Waals surface area contributed by atoms with E-state index in [1.165, 1.54) is 0 Å². The molecule has 0 bridgehead atoms. The van der Waals surface area contributed by atoms with Crippen LogP contribution in [0.2, 0.25) is 0 Å². The van der Waals surface area contributed by atoms with Gasteiger partial charge in [-0.3, -0.25) is 19.2 Å². The van der Waals surface area contributed by atoms with Crippen LogP contribution in [0.5, 0.6) is 0 Å². The van der Waals surface area contributed by atoms with Crippen molar-refractivity contribution in [3.05, 3.63) is 24.3 Å². The number of nitrogens with zero attached hydrogens (tertiary/aromatic N) is 1. The third kappa shape index (κ3) is 6.11. The van der Waals surface area contributed by atoms with Gasteiger partial charge in [-0.1, -0.05) is 52.0 Å². The molecule has 0 spiro atoms. The molecule has 2 N–H and O–H groups in total. The van der Waals surface area contributed by atoms with Gasteiger partial charge in [0, 0.05) is 12.6 Å². The Kier molecular flexibility index (Phi) is 8.88. The number of carbonyl (C=O) groups excluding carboxylic acids is 4. The molecule has 0 saturated carbocycles. The molecule has 2 heterocycles. The van der Waals surface area contributed by atoms with Crippen molar-refractivity contribution in [3.63, 3.8) is 0 Å². The zero-order valence-corrected chi connectivity index (χ0v) is 22.6. The summed E-state index contributed by atoms with van der Waals surface area (Å²) in [6.45, 7) is 11.5. The zero-order valence-electron chi connectivity index (χ0n) is 21.8. The molecule has 0 aromatic rings. The largest absolute Gasteiger partial charge is 0.433 e. The third-order valence-corrected chi connectivity index (χ3v) is 7.36.